The third kappa shape index (κ3) is 4.63. The summed E-state index contributed by atoms with van der Waals surface area (Å²) >= 11 is 1.71. The smallest absolute Gasteiger partial charge is 0.191 e. The molecule has 0 fully saturated rings. The Hall–Kier alpha value is -1.28. The van der Waals surface area contributed by atoms with Crippen LogP contribution in [-0.4, -0.2) is 18.6 Å². The van der Waals surface area contributed by atoms with Crippen LogP contribution < -0.4 is 15.4 Å². The number of rotatable bonds is 3. The van der Waals surface area contributed by atoms with E-state index in [1.54, 1.807) is 18.4 Å². The summed E-state index contributed by atoms with van der Waals surface area (Å²) in [6.07, 6.45) is 0.892. The Morgan fingerprint density at radius 3 is 2.83 bits per heavy atom. The molecule has 1 atom stereocenters. The summed E-state index contributed by atoms with van der Waals surface area (Å²) in [6, 6.07) is 10.5. The van der Waals surface area contributed by atoms with Crippen molar-refractivity contribution in [1.29, 1.82) is 0 Å². The van der Waals surface area contributed by atoms with Gasteiger partial charge in [0.25, 0.3) is 0 Å². The van der Waals surface area contributed by atoms with Crippen molar-refractivity contribution in [3.63, 3.8) is 0 Å². The maximum Gasteiger partial charge on any atom is 0.191 e. The molecule has 130 valence electrons. The summed E-state index contributed by atoms with van der Waals surface area (Å²) in [5.41, 5.74) is 2.26. The minimum absolute atomic E-state index is 0. The first-order valence-corrected chi connectivity index (χ1v) is 8.78. The van der Waals surface area contributed by atoms with Crippen molar-refractivity contribution >= 4 is 41.3 Å². The highest BCUT2D eigenvalue weighted by Crippen LogP contribution is 2.39. The van der Waals surface area contributed by atoms with Gasteiger partial charge in [0.05, 0.1) is 6.04 Å². The van der Waals surface area contributed by atoms with E-state index in [1.807, 2.05) is 12.1 Å². The Kier molecular flexibility index (Phi) is 6.51. The lowest BCUT2D eigenvalue weighted by Crippen LogP contribution is -2.45. The molecule has 2 aromatic rings. The zero-order valence-corrected chi connectivity index (χ0v) is 17.4. The Morgan fingerprint density at radius 1 is 1.33 bits per heavy atom. The van der Waals surface area contributed by atoms with Gasteiger partial charge in [-0.1, -0.05) is 18.2 Å². The number of nitrogens with zero attached hydrogens (tertiary/aromatic N) is 1. The van der Waals surface area contributed by atoms with E-state index in [4.69, 9.17) is 4.74 Å². The molecule has 0 amide bonds. The number of hydrogen-bond donors (Lipinski definition) is 2. The van der Waals surface area contributed by atoms with E-state index in [-0.39, 0.29) is 35.6 Å². The van der Waals surface area contributed by atoms with Crippen LogP contribution in [0.4, 0.5) is 0 Å². The molecular weight excluding hydrogens is 433 g/mol. The zero-order chi connectivity index (χ0) is 16.3. The number of halogens is 1. The molecule has 1 aliphatic heterocycles. The fraction of sp³-hybridized carbons (Fsp3) is 0.389. The molecule has 0 radical (unpaired) electrons. The quantitative estimate of drug-likeness (QED) is 0.410. The number of thiophene rings is 1. The van der Waals surface area contributed by atoms with Crippen molar-refractivity contribution < 1.29 is 4.74 Å². The van der Waals surface area contributed by atoms with E-state index in [1.165, 1.54) is 11.1 Å². The minimum Gasteiger partial charge on any atom is -0.487 e. The predicted octanol–water partition coefficient (Wildman–Crippen LogP) is 4.33. The fourth-order valence-electron chi connectivity index (χ4n) is 2.87. The van der Waals surface area contributed by atoms with Gasteiger partial charge in [-0.05, 0) is 42.3 Å². The number of benzene rings is 1. The highest BCUT2D eigenvalue weighted by Gasteiger charge is 2.33. The molecule has 4 nitrogen and oxygen atoms in total. The van der Waals surface area contributed by atoms with E-state index in [0.29, 0.717) is 0 Å². The molecule has 3 rings (SSSR count). The molecule has 6 heteroatoms. The molecule has 0 bridgehead atoms. The first kappa shape index (κ1) is 19.1. The van der Waals surface area contributed by atoms with E-state index in [9.17, 15) is 0 Å². The summed E-state index contributed by atoms with van der Waals surface area (Å²) in [7, 11) is 1.80. The number of para-hydroxylation sites is 1. The third-order valence-electron chi connectivity index (χ3n) is 3.95. The molecule has 2 N–H and O–H groups in total. The van der Waals surface area contributed by atoms with Crippen LogP contribution in [0.25, 0.3) is 0 Å². The van der Waals surface area contributed by atoms with Crippen molar-refractivity contribution in [2.24, 2.45) is 4.99 Å². The molecule has 0 saturated carbocycles. The molecule has 1 aliphatic rings. The number of ether oxygens (including phenoxy) is 1. The maximum atomic E-state index is 6.08. The van der Waals surface area contributed by atoms with Crippen LogP contribution in [0.15, 0.2) is 46.1 Å². The number of guanidine groups is 1. The Labute approximate surface area is 164 Å². The van der Waals surface area contributed by atoms with E-state index >= 15 is 0 Å². The van der Waals surface area contributed by atoms with Crippen molar-refractivity contribution in [1.82, 2.24) is 10.6 Å². The second-order valence-corrected chi connectivity index (χ2v) is 7.14. The van der Waals surface area contributed by atoms with Crippen LogP contribution in [0.3, 0.4) is 0 Å². The normalized spacial score (nSPS) is 18.8. The van der Waals surface area contributed by atoms with Gasteiger partial charge in [-0.2, -0.15) is 11.3 Å². The number of fused-ring (bicyclic) bond motifs is 1. The summed E-state index contributed by atoms with van der Waals surface area (Å²) in [4.78, 5) is 4.36. The highest BCUT2D eigenvalue weighted by atomic mass is 127. The van der Waals surface area contributed by atoms with Crippen LogP contribution in [0.5, 0.6) is 5.75 Å². The van der Waals surface area contributed by atoms with Gasteiger partial charge in [0.2, 0.25) is 0 Å². The lowest BCUT2D eigenvalue weighted by atomic mass is 9.90. The molecule has 24 heavy (non-hydrogen) atoms. The average Bonchev–Trinajstić information content (AvgIpc) is 3.03. The summed E-state index contributed by atoms with van der Waals surface area (Å²) < 4.78 is 6.08. The monoisotopic (exact) mass is 457 g/mol. The molecule has 1 aromatic heterocycles. The van der Waals surface area contributed by atoms with Crippen LogP contribution >= 0.6 is 35.3 Å². The molecular formula is C18H24IN3OS. The van der Waals surface area contributed by atoms with Gasteiger partial charge in [0.1, 0.15) is 11.4 Å². The van der Waals surface area contributed by atoms with Gasteiger partial charge in [-0.15, -0.1) is 24.0 Å². The van der Waals surface area contributed by atoms with Crippen LogP contribution in [0, 0.1) is 0 Å². The van der Waals surface area contributed by atoms with E-state index in [0.717, 1.165) is 24.7 Å². The van der Waals surface area contributed by atoms with Crippen LogP contribution in [0.2, 0.25) is 0 Å². The maximum absolute atomic E-state index is 6.08. The number of nitrogens with one attached hydrogen (secondary N) is 2. The van der Waals surface area contributed by atoms with Gasteiger partial charge in [-0.25, -0.2) is 0 Å². The molecule has 0 spiro atoms. The van der Waals surface area contributed by atoms with Gasteiger partial charge in [-0.3, -0.25) is 4.99 Å². The van der Waals surface area contributed by atoms with Crippen molar-refractivity contribution in [2.75, 3.05) is 7.05 Å². The van der Waals surface area contributed by atoms with Gasteiger partial charge in [0.15, 0.2) is 5.96 Å². The lowest BCUT2D eigenvalue weighted by Gasteiger charge is -2.38. The lowest BCUT2D eigenvalue weighted by molar-refractivity contribution is 0.0694. The highest BCUT2D eigenvalue weighted by molar-refractivity contribution is 14.0. The Balaban J connectivity index is 0.00000208. The first-order valence-electron chi connectivity index (χ1n) is 7.83. The topological polar surface area (TPSA) is 45.7 Å². The number of aliphatic imine (C=N–C) groups is 1. The molecule has 0 saturated heterocycles. The molecule has 1 unspecified atom stereocenters. The van der Waals surface area contributed by atoms with Crippen LogP contribution in [0.1, 0.15) is 37.4 Å². The first-order chi connectivity index (χ1) is 11.1. The second-order valence-electron chi connectivity index (χ2n) is 6.36. The van der Waals surface area contributed by atoms with Gasteiger partial charge in [0, 0.05) is 25.6 Å². The molecule has 0 aliphatic carbocycles. The largest absolute Gasteiger partial charge is 0.487 e. The fourth-order valence-corrected chi connectivity index (χ4v) is 3.54. The Bertz CT molecular complexity index is 685. The average molecular weight is 457 g/mol. The van der Waals surface area contributed by atoms with Crippen molar-refractivity contribution in [3.8, 4) is 5.75 Å². The third-order valence-corrected chi connectivity index (χ3v) is 4.68. The SMILES string of the molecule is CN=C(NCc1ccsc1)NC1CC(C)(C)Oc2ccccc21.I. The molecule has 2 heterocycles. The second kappa shape index (κ2) is 8.20. The summed E-state index contributed by atoms with van der Waals surface area (Å²) in [5, 5.41) is 11.2. The van der Waals surface area contributed by atoms with Crippen LogP contribution in [-0.2, 0) is 6.54 Å². The Morgan fingerprint density at radius 2 is 2.12 bits per heavy atom. The predicted molar refractivity (Wildman–Crippen MR) is 112 cm³/mol. The standard InChI is InChI=1S/C18H23N3OS.HI/c1-18(2)10-15(14-6-4-5-7-16(14)22-18)21-17(19-3)20-11-13-8-9-23-12-13;/h4-9,12,15H,10-11H2,1-3H3,(H2,19,20,21);1H. The minimum atomic E-state index is -0.196. The van der Waals surface area contributed by atoms with E-state index in [2.05, 4.69) is 58.4 Å². The summed E-state index contributed by atoms with van der Waals surface area (Å²) in [6.45, 7) is 5.02. The molecule has 1 aromatic carbocycles. The van der Waals surface area contributed by atoms with E-state index < -0.39 is 0 Å². The van der Waals surface area contributed by atoms with Gasteiger partial charge >= 0.3 is 0 Å². The van der Waals surface area contributed by atoms with Gasteiger partial charge < -0.3 is 15.4 Å². The van der Waals surface area contributed by atoms with Crippen molar-refractivity contribution in [3.05, 3.63) is 52.2 Å². The summed E-state index contributed by atoms with van der Waals surface area (Å²) in [5.74, 6) is 1.77. The zero-order valence-electron chi connectivity index (χ0n) is 14.2. The number of hydrogen-bond acceptors (Lipinski definition) is 3. The van der Waals surface area contributed by atoms with Crippen molar-refractivity contribution in [2.45, 2.75) is 38.5 Å².